The van der Waals surface area contributed by atoms with Gasteiger partial charge in [-0.1, -0.05) is 43.7 Å². The van der Waals surface area contributed by atoms with Gasteiger partial charge in [0.05, 0.1) is 11.3 Å². The van der Waals surface area contributed by atoms with Gasteiger partial charge in [-0.15, -0.1) is 11.3 Å². The van der Waals surface area contributed by atoms with E-state index in [4.69, 9.17) is 0 Å². The van der Waals surface area contributed by atoms with Crippen LogP contribution in [0, 0.1) is 12.3 Å². The first-order chi connectivity index (χ1) is 12.3. The van der Waals surface area contributed by atoms with E-state index in [2.05, 4.69) is 23.8 Å². The van der Waals surface area contributed by atoms with E-state index < -0.39 is 0 Å². The monoisotopic (exact) mass is 364 g/mol. The number of hydrogen-bond donors (Lipinski definition) is 1. The molecule has 4 rings (SSSR count). The Kier molecular flexibility index (Phi) is 3.92. The summed E-state index contributed by atoms with van der Waals surface area (Å²) in [6, 6.07) is 9.86. The normalized spacial score (nSPS) is 15.7. The third kappa shape index (κ3) is 3.03. The van der Waals surface area contributed by atoms with E-state index in [1.54, 1.807) is 6.07 Å². The predicted octanol–water partition coefficient (Wildman–Crippen LogP) is 4.63. The SMILES string of the molecule is Cc1ccc(-c2csc(-c3cc4c([nH]c3=O)CC(C)(C)CC4=O)n2)cc1. The number of aryl methyl sites for hydroxylation is 1. The zero-order valence-electron chi connectivity index (χ0n) is 15.1. The summed E-state index contributed by atoms with van der Waals surface area (Å²) >= 11 is 1.43. The first-order valence-electron chi connectivity index (χ1n) is 8.65. The molecular formula is C21H20N2O2S. The van der Waals surface area contributed by atoms with Gasteiger partial charge in [0, 0.05) is 28.6 Å². The maximum Gasteiger partial charge on any atom is 0.258 e. The standard InChI is InChI=1S/C21H20N2O2S/c1-12-4-6-13(7-5-12)17-11-26-20(23-17)15-8-14-16(22-19(15)25)9-21(2,3)10-18(14)24/h4-8,11H,9-10H2,1-3H3,(H,22,25). The molecule has 26 heavy (non-hydrogen) atoms. The summed E-state index contributed by atoms with van der Waals surface area (Å²) in [5, 5.41) is 2.59. The van der Waals surface area contributed by atoms with Crippen LogP contribution in [0.2, 0.25) is 0 Å². The molecule has 132 valence electrons. The Labute approximate surface area is 155 Å². The van der Waals surface area contributed by atoms with Crippen LogP contribution in [-0.4, -0.2) is 15.8 Å². The summed E-state index contributed by atoms with van der Waals surface area (Å²) in [6.45, 7) is 6.14. The smallest absolute Gasteiger partial charge is 0.258 e. The van der Waals surface area contributed by atoms with Crippen molar-refractivity contribution in [2.45, 2.75) is 33.6 Å². The molecule has 0 fully saturated rings. The van der Waals surface area contributed by atoms with Crippen molar-refractivity contribution < 1.29 is 4.79 Å². The molecule has 0 bridgehead atoms. The van der Waals surface area contributed by atoms with Crippen LogP contribution in [0.1, 0.15) is 41.9 Å². The van der Waals surface area contributed by atoms with Crippen molar-refractivity contribution in [3.05, 3.63) is 62.9 Å². The van der Waals surface area contributed by atoms with Gasteiger partial charge in [0.2, 0.25) is 0 Å². The lowest BCUT2D eigenvalue weighted by Gasteiger charge is -2.29. The Morgan fingerprint density at radius 2 is 1.81 bits per heavy atom. The second-order valence-electron chi connectivity index (χ2n) is 7.75. The number of pyridine rings is 1. The molecule has 0 radical (unpaired) electrons. The number of nitrogens with zero attached hydrogens (tertiary/aromatic N) is 1. The Balaban J connectivity index is 1.76. The minimum atomic E-state index is -0.181. The van der Waals surface area contributed by atoms with Crippen LogP contribution in [0.4, 0.5) is 0 Å². The number of benzene rings is 1. The van der Waals surface area contributed by atoms with E-state index in [9.17, 15) is 9.59 Å². The minimum absolute atomic E-state index is 0.0871. The van der Waals surface area contributed by atoms with E-state index in [1.807, 2.05) is 36.6 Å². The average molecular weight is 364 g/mol. The lowest BCUT2D eigenvalue weighted by Crippen LogP contribution is -2.30. The van der Waals surface area contributed by atoms with Crippen molar-refractivity contribution in [2.24, 2.45) is 5.41 Å². The van der Waals surface area contributed by atoms with Crippen LogP contribution in [0.5, 0.6) is 0 Å². The number of aromatic nitrogens is 2. The number of nitrogens with one attached hydrogen (secondary N) is 1. The molecule has 1 aliphatic rings. The zero-order chi connectivity index (χ0) is 18.5. The van der Waals surface area contributed by atoms with Gasteiger partial charge in [0.1, 0.15) is 5.01 Å². The lowest BCUT2D eigenvalue weighted by molar-refractivity contribution is 0.0910. The van der Waals surface area contributed by atoms with Crippen LogP contribution in [0.15, 0.2) is 40.5 Å². The second kappa shape index (κ2) is 6.02. The molecule has 0 saturated carbocycles. The fraction of sp³-hybridized carbons (Fsp3) is 0.286. The van der Waals surface area contributed by atoms with E-state index >= 15 is 0 Å². The molecular weight excluding hydrogens is 344 g/mol. The second-order valence-corrected chi connectivity index (χ2v) is 8.61. The van der Waals surface area contributed by atoms with E-state index in [0.717, 1.165) is 17.0 Å². The van der Waals surface area contributed by atoms with E-state index in [-0.39, 0.29) is 16.8 Å². The number of H-pyrrole nitrogens is 1. The van der Waals surface area contributed by atoms with Gasteiger partial charge >= 0.3 is 0 Å². The third-order valence-electron chi connectivity index (χ3n) is 4.80. The topological polar surface area (TPSA) is 62.8 Å². The number of carbonyl (C=O) groups excluding carboxylic acids is 1. The summed E-state index contributed by atoms with van der Waals surface area (Å²) in [4.78, 5) is 32.7. The number of fused-ring (bicyclic) bond motifs is 1. The summed E-state index contributed by atoms with van der Waals surface area (Å²) in [5.41, 5.74) is 4.60. The highest BCUT2D eigenvalue weighted by Gasteiger charge is 2.32. The van der Waals surface area contributed by atoms with Crippen molar-refractivity contribution in [1.82, 2.24) is 9.97 Å². The number of Topliss-reactive ketones (excluding diaryl/α,β-unsaturated/α-hetero) is 1. The predicted molar refractivity (Wildman–Crippen MR) is 105 cm³/mol. The number of rotatable bonds is 2. The average Bonchev–Trinajstić information content (AvgIpc) is 3.03. The molecule has 1 aliphatic carbocycles. The van der Waals surface area contributed by atoms with Crippen molar-refractivity contribution in [3.63, 3.8) is 0 Å². The van der Waals surface area contributed by atoms with Gasteiger partial charge in [-0.3, -0.25) is 9.59 Å². The Morgan fingerprint density at radius 1 is 1.08 bits per heavy atom. The quantitative estimate of drug-likeness (QED) is 0.721. The lowest BCUT2D eigenvalue weighted by atomic mass is 9.75. The number of thiazole rings is 1. The van der Waals surface area contributed by atoms with Crippen molar-refractivity contribution in [2.75, 3.05) is 0 Å². The van der Waals surface area contributed by atoms with E-state index in [1.165, 1.54) is 16.9 Å². The van der Waals surface area contributed by atoms with Gasteiger partial charge in [0.15, 0.2) is 5.78 Å². The van der Waals surface area contributed by atoms with Gasteiger partial charge < -0.3 is 4.98 Å². The van der Waals surface area contributed by atoms with Crippen molar-refractivity contribution in [3.8, 4) is 21.8 Å². The number of aromatic amines is 1. The largest absolute Gasteiger partial charge is 0.325 e. The van der Waals surface area contributed by atoms with Crippen molar-refractivity contribution >= 4 is 17.1 Å². The Hall–Kier alpha value is -2.53. The molecule has 2 aromatic heterocycles. The first kappa shape index (κ1) is 16.9. The molecule has 3 aromatic rings. The molecule has 4 nitrogen and oxygen atoms in total. The highest BCUT2D eigenvalue weighted by molar-refractivity contribution is 7.13. The molecule has 0 aliphatic heterocycles. The number of ketones is 1. The number of hydrogen-bond acceptors (Lipinski definition) is 4. The van der Waals surface area contributed by atoms with Crippen LogP contribution in [0.25, 0.3) is 21.8 Å². The fourth-order valence-electron chi connectivity index (χ4n) is 3.44. The highest BCUT2D eigenvalue weighted by atomic mass is 32.1. The summed E-state index contributed by atoms with van der Waals surface area (Å²) in [7, 11) is 0. The highest BCUT2D eigenvalue weighted by Crippen LogP contribution is 2.35. The molecule has 0 unspecified atom stereocenters. The molecule has 2 heterocycles. The number of carbonyl (C=O) groups is 1. The minimum Gasteiger partial charge on any atom is -0.325 e. The van der Waals surface area contributed by atoms with E-state index in [0.29, 0.717) is 29.0 Å². The molecule has 1 N–H and O–H groups in total. The summed E-state index contributed by atoms with van der Waals surface area (Å²) in [5.74, 6) is 0.0871. The van der Waals surface area contributed by atoms with Crippen LogP contribution in [0.3, 0.4) is 0 Å². The molecule has 0 spiro atoms. The molecule has 0 atom stereocenters. The molecule has 0 amide bonds. The van der Waals surface area contributed by atoms with Crippen LogP contribution < -0.4 is 5.56 Å². The Bertz CT molecular complexity index is 1060. The maximum atomic E-state index is 12.6. The summed E-state index contributed by atoms with van der Waals surface area (Å²) in [6.07, 6.45) is 1.20. The van der Waals surface area contributed by atoms with Gasteiger partial charge in [0.25, 0.3) is 5.56 Å². The van der Waals surface area contributed by atoms with Gasteiger partial charge in [-0.05, 0) is 24.8 Å². The van der Waals surface area contributed by atoms with Gasteiger partial charge in [-0.25, -0.2) is 4.98 Å². The Morgan fingerprint density at radius 3 is 2.54 bits per heavy atom. The van der Waals surface area contributed by atoms with Crippen molar-refractivity contribution in [1.29, 1.82) is 0 Å². The molecule has 0 saturated heterocycles. The maximum absolute atomic E-state index is 12.6. The third-order valence-corrected chi connectivity index (χ3v) is 5.68. The molecule has 1 aromatic carbocycles. The first-order valence-corrected chi connectivity index (χ1v) is 9.53. The van der Waals surface area contributed by atoms with Crippen LogP contribution >= 0.6 is 11.3 Å². The zero-order valence-corrected chi connectivity index (χ0v) is 15.9. The summed E-state index contributed by atoms with van der Waals surface area (Å²) < 4.78 is 0. The fourth-order valence-corrected chi connectivity index (χ4v) is 4.28. The van der Waals surface area contributed by atoms with Crippen LogP contribution in [-0.2, 0) is 6.42 Å². The van der Waals surface area contributed by atoms with Gasteiger partial charge in [-0.2, -0.15) is 0 Å². The molecule has 5 heteroatoms.